The van der Waals surface area contributed by atoms with Crippen molar-refractivity contribution >= 4 is 33.4 Å². The Hall–Kier alpha value is -3.15. The first kappa shape index (κ1) is 28.1. The van der Waals surface area contributed by atoms with Crippen LogP contribution in [0.15, 0.2) is 36.4 Å². The van der Waals surface area contributed by atoms with Gasteiger partial charge in [0.1, 0.15) is 5.69 Å². The van der Waals surface area contributed by atoms with Gasteiger partial charge in [-0.1, -0.05) is 19.4 Å². The molecule has 192 valence electrons. The lowest BCUT2D eigenvalue weighted by Gasteiger charge is -2.13. The second-order valence-electron chi connectivity index (χ2n) is 7.76. The SMILES string of the molecule is CCCCNc1cc(C(F)(F)F)ccc1C=CC(=O)NCCc1cc(F)c(NS(C)(=O)=O)c(F)c1. The summed E-state index contributed by atoms with van der Waals surface area (Å²) in [6.45, 7) is 2.43. The highest BCUT2D eigenvalue weighted by atomic mass is 32.2. The molecule has 0 aliphatic carbocycles. The van der Waals surface area contributed by atoms with E-state index < -0.39 is 45.0 Å². The van der Waals surface area contributed by atoms with Crippen molar-refractivity contribution in [2.24, 2.45) is 0 Å². The van der Waals surface area contributed by atoms with Crippen LogP contribution in [0, 0.1) is 11.6 Å². The summed E-state index contributed by atoms with van der Waals surface area (Å²) >= 11 is 0. The minimum atomic E-state index is -4.50. The van der Waals surface area contributed by atoms with Crippen molar-refractivity contribution in [3.8, 4) is 0 Å². The maximum Gasteiger partial charge on any atom is 0.416 e. The number of carbonyl (C=O) groups excluding carboxylic acids is 1. The van der Waals surface area contributed by atoms with E-state index in [2.05, 4.69) is 10.6 Å². The van der Waals surface area contributed by atoms with E-state index in [-0.39, 0.29) is 24.2 Å². The Kier molecular flexibility index (Phi) is 9.64. The van der Waals surface area contributed by atoms with E-state index in [1.54, 1.807) is 4.72 Å². The first-order chi connectivity index (χ1) is 16.3. The van der Waals surface area contributed by atoms with E-state index >= 15 is 0 Å². The van der Waals surface area contributed by atoms with E-state index in [4.69, 9.17) is 0 Å². The molecule has 6 nitrogen and oxygen atoms in total. The highest BCUT2D eigenvalue weighted by Gasteiger charge is 2.30. The molecule has 1 amide bonds. The molecule has 3 N–H and O–H groups in total. The first-order valence-corrected chi connectivity index (χ1v) is 12.6. The number of halogens is 5. The van der Waals surface area contributed by atoms with Gasteiger partial charge in [0, 0.05) is 24.9 Å². The van der Waals surface area contributed by atoms with Gasteiger partial charge >= 0.3 is 6.18 Å². The molecular formula is C23H26F5N3O3S. The van der Waals surface area contributed by atoms with Crippen molar-refractivity contribution in [2.75, 3.05) is 29.4 Å². The van der Waals surface area contributed by atoms with Gasteiger partial charge in [0.05, 0.1) is 11.8 Å². The quantitative estimate of drug-likeness (QED) is 0.223. The molecule has 0 bridgehead atoms. The predicted molar refractivity (Wildman–Crippen MR) is 125 cm³/mol. The Morgan fingerprint density at radius 2 is 1.71 bits per heavy atom. The molecular weight excluding hydrogens is 493 g/mol. The molecule has 0 spiro atoms. The van der Waals surface area contributed by atoms with E-state index in [0.717, 1.165) is 49.4 Å². The summed E-state index contributed by atoms with van der Waals surface area (Å²) in [5, 5.41) is 5.47. The fourth-order valence-corrected chi connectivity index (χ4v) is 3.60. The Labute approximate surface area is 200 Å². The molecule has 0 fully saturated rings. The number of alkyl halides is 3. The summed E-state index contributed by atoms with van der Waals surface area (Å²) in [7, 11) is -3.87. The van der Waals surface area contributed by atoms with Gasteiger partial charge in [0.25, 0.3) is 0 Å². The number of nitrogens with one attached hydrogen (secondary N) is 3. The fourth-order valence-electron chi connectivity index (χ4n) is 3.04. The number of amides is 1. The average Bonchev–Trinajstić information content (AvgIpc) is 2.74. The summed E-state index contributed by atoms with van der Waals surface area (Å²) in [6, 6.07) is 5.08. The van der Waals surface area contributed by atoms with E-state index in [0.29, 0.717) is 12.1 Å². The summed E-state index contributed by atoms with van der Waals surface area (Å²) in [5.41, 5.74) is -0.777. The minimum absolute atomic E-state index is 0.00945. The van der Waals surface area contributed by atoms with Gasteiger partial charge in [0.2, 0.25) is 15.9 Å². The normalized spacial score (nSPS) is 12.1. The van der Waals surface area contributed by atoms with Crippen LogP contribution < -0.4 is 15.4 Å². The second kappa shape index (κ2) is 12.0. The number of rotatable bonds is 11. The average molecular weight is 520 g/mol. The van der Waals surface area contributed by atoms with Crippen LogP contribution in [0.4, 0.5) is 33.3 Å². The molecule has 0 saturated carbocycles. The largest absolute Gasteiger partial charge is 0.416 e. The van der Waals surface area contributed by atoms with Gasteiger partial charge in [-0.15, -0.1) is 0 Å². The predicted octanol–water partition coefficient (Wildman–Crippen LogP) is 4.94. The molecule has 0 aromatic heterocycles. The van der Waals surface area contributed by atoms with Gasteiger partial charge in [-0.25, -0.2) is 17.2 Å². The van der Waals surface area contributed by atoms with Crippen molar-refractivity contribution in [3.05, 3.63) is 64.7 Å². The highest BCUT2D eigenvalue weighted by Crippen LogP contribution is 2.32. The van der Waals surface area contributed by atoms with Crippen LogP contribution >= 0.6 is 0 Å². The van der Waals surface area contributed by atoms with Crippen LogP contribution in [0.1, 0.15) is 36.5 Å². The van der Waals surface area contributed by atoms with Crippen molar-refractivity contribution in [1.29, 1.82) is 0 Å². The first-order valence-electron chi connectivity index (χ1n) is 10.7. The zero-order valence-electron chi connectivity index (χ0n) is 19.1. The van der Waals surface area contributed by atoms with Gasteiger partial charge in [-0.05, 0) is 54.3 Å². The fraction of sp³-hybridized carbons (Fsp3) is 0.348. The summed E-state index contributed by atoms with van der Waals surface area (Å²) in [5.74, 6) is -2.75. The Morgan fingerprint density at radius 3 is 2.29 bits per heavy atom. The van der Waals surface area contributed by atoms with Crippen molar-refractivity contribution in [1.82, 2.24) is 5.32 Å². The van der Waals surface area contributed by atoms with Crippen molar-refractivity contribution in [3.63, 3.8) is 0 Å². The standard InChI is InChI=1S/C23H26F5N3O3S/c1-3-4-10-29-20-14-17(23(26,27)28)7-5-16(20)6-8-21(32)30-11-9-15-12-18(24)22(19(25)13-15)31-35(2,33)34/h5-8,12-14,29,31H,3-4,9-11H2,1-2H3,(H,30,32). The molecule has 0 aliphatic heterocycles. The molecule has 2 rings (SSSR count). The Bertz CT molecular complexity index is 1160. The topological polar surface area (TPSA) is 87.3 Å². The second-order valence-corrected chi connectivity index (χ2v) is 9.51. The Morgan fingerprint density at radius 1 is 1.06 bits per heavy atom. The molecule has 0 radical (unpaired) electrons. The van der Waals surface area contributed by atoms with Crippen LogP contribution in [0.5, 0.6) is 0 Å². The molecule has 2 aromatic carbocycles. The third-order valence-corrected chi connectivity index (χ3v) is 5.32. The van der Waals surface area contributed by atoms with Crippen LogP contribution in [0.25, 0.3) is 6.08 Å². The van der Waals surface area contributed by atoms with Gasteiger partial charge < -0.3 is 10.6 Å². The number of carbonyl (C=O) groups is 1. The molecule has 0 atom stereocenters. The van der Waals surface area contributed by atoms with Gasteiger partial charge in [0.15, 0.2) is 11.6 Å². The zero-order valence-corrected chi connectivity index (χ0v) is 19.9. The number of anilines is 2. The van der Waals surface area contributed by atoms with E-state index in [9.17, 15) is 35.2 Å². The molecule has 2 aromatic rings. The number of hydrogen-bond acceptors (Lipinski definition) is 4. The monoisotopic (exact) mass is 519 g/mol. The lowest BCUT2D eigenvalue weighted by atomic mass is 10.1. The minimum Gasteiger partial charge on any atom is -0.385 e. The molecule has 0 heterocycles. The van der Waals surface area contributed by atoms with Crippen molar-refractivity contribution < 1.29 is 35.2 Å². The third kappa shape index (κ3) is 9.19. The van der Waals surface area contributed by atoms with E-state index in [1.807, 2.05) is 6.92 Å². The summed E-state index contributed by atoms with van der Waals surface area (Å²) in [4.78, 5) is 12.1. The van der Waals surface area contributed by atoms with Crippen molar-refractivity contribution in [2.45, 2.75) is 32.4 Å². The van der Waals surface area contributed by atoms with Crippen LogP contribution in [0.2, 0.25) is 0 Å². The molecule has 0 unspecified atom stereocenters. The molecule has 0 saturated heterocycles. The maximum atomic E-state index is 14.0. The number of benzene rings is 2. The number of sulfonamides is 1. The summed E-state index contributed by atoms with van der Waals surface area (Å²) in [6.07, 6.45) is 0.437. The third-order valence-electron chi connectivity index (χ3n) is 4.74. The summed E-state index contributed by atoms with van der Waals surface area (Å²) < 4.78 is 91.4. The lowest BCUT2D eigenvalue weighted by Crippen LogP contribution is -2.23. The van der Waals surface area contributed by atoms with Gasteiger partial charge in [-0.3, -0.25) is 9.52 Å². The van der Waals surface area contributed by atoms with Crippen LogP contribution in [0.3, 0.4) is 0 Å². The molecule has 12 heteroatoms. The number of unbranched alkanes of at least 4 members (excludes halogenated alkanes) is 1. The van der Waals surface area contributed by atoms with Gasteiger partial charge in [-0.2, -0.15) is 13.2 Å². The lowest BCUT2D eigenvalue weighted by molar-refractivity contribution is -0.137. The van der Waals surface area contributed by atoms with Crippen LogP contribution in [-0.4, -0.2) is 33.7 Å². The van der Waals surface area contributed by atoms with Crippen LogP contribution in [-0.2, 0) is 27.4 Å². The molecule has 0 aliphatic rings. The zero-order chi connectivity index (χ0) is 26.2. The smallest absolute Gasteiger partial charge is 0.385 e. The molecule has 35 heavy (non-hydrogen) atoms. The number of hydrogen-bond donors (Lipinski definition) is 3. The highest BCUT2D eigenvalue weighted by molar-refractivity contribution is 7.92. The maximum absolute atomic E-state index is 14.0. The van der Waals surface area contributed by atoms with E-state index in [1.165, 1.54) is 12.1 Å². The Balaban J connectivity index is 2.02.